The lowest BCUT2D eigenvalue weighted by Crippen LogP contribution is -2.47. The van der Waals surface area contributed by atoms with Gasteiger partial charge in [-0.3, -0.25) is 9.59 Å². The summed E-state index contributed by atoms with van der Waals surface area (Å²) in [5.74, 6) is 1.76. The molecule has 3 saturated carbocycles. The molecule has 3 heteroatoms. The monoisotopic (exact) mass is 408 g/mol. The molecule has 5 rings (SSSR count). The third-order valence-corrected chi connectivity index (χ3v) is 9.44. The molecule has 0 spiro atoms. The fourth-order valence-corrected chi connectivity index (χ4v) is 8.26. The zero-order valence-corrected chi connectivity index (χ0v) is 18.2. The molecule has 162 valence electrons. The van der Waals surface area contributed by atoms with Gasteiger partial charge in [0.15, 0.2) is 0 Å². The van der Waals surface area contributed by atoms with Crippen LogP contribution in [0.3, 0.4) is 0 Å². The number of carboxylic acid groups (broad SMARTS) is 1. The fourth-order valence-electron chi connectivity index (χ4n) is 8.26. The lowest BCUT2D eigenvalue weighted by Gasteiger charge is -2.52. The standard InChI is InChI=1S/C27H36O3/c28-25(16-18-6-2-1-3-7-18)24-13-12-23-22-11-10-19-8-4-5-9-20(19)21(22)14-15-27(23,24)17-26(29)30/h4-5,8-9,18,21-24H,1-3,6-7,10-17H2,(H,29,30)/t21-,22-,23+,24-,27-/m1/s1. The molecule has 3 fully saturated rings. The summed E-state index contributed by atoms with van der Waals surface area (Å²) >= 11 is 0. The first-order valence-corrected chi connectivity index (χ1v) is 12.4. The summed E-state index contributed by atoms with van der Waals surface area (Å²) in [6.45, 7) is 0. The molecule has 0 bridgehead atoms. The molecule has 1 aromatic carbocycles. The summed E-state index contributed by atoms with van der Waals surface area (Å²) in [4.78, 5) is 25.5. The number of carbonyl (C=O) groups is 2. The summed E-state index contributed by atoms with van der Waals surface area (Å²) in [6, 6.07) is 8.88. The van der Waals surface area contributed by atoms with E-state index in [2.05, 4.69) is 24.3 Å². The average molecular weight is 409 g/mol. The number of rotatable bonds is 5. The summed E-state index contributed by atoms with van der Waals surface area (Å²) in [7, 11) is 0. The van der Waals surface area contributed by atoms with Crippen molar-refractivity contribution in [3.63, 3.8) is 0 Å². The molecular formula is C27H36O3. The molecule has 0 radical (unpaired) electrons. The quantitative estimate of drug-likeness (QED) is 0.635. The van der Waals surface area contributed by atoms with Crippen molar-refractivity contribution >= 4 is 11.8 Å². The number of carbonyl (C=O) groups excluding carboxylic acids is 1. The Balaban J connectivity index is 1.41. The SMILES string of the molecule is O=C(O)C[C@]12CC[C@@H]3c4ccccc4CC[C@H]3[C@@H]1CC[C@@H]2C(=O)CC1CCCCC1. The number of aryl methyl sites for hydroxylation is 1. The van der Waals surface area contributed by atoms with Crippen molar-refractivity contribution in [1.29, 1.82) is 0 Å². The fraction of sp³-hybridized carbons (Fsp3) is 0.704. The van der Waals surface area contributed by atoms with Crippen LogP contribution in [-0.4, -0.2) is 16.9 Å². The van der Waals surface area contributed by atoms with Crippen molar-refractivity contribution < 1.29 is 14.7 Å². The molecule has 0 unspecified atom stereocenters. The average Bonchev–Trinajstić information content (AvgIpc) is 3.13. The van der Waals surface area contributed by atoms with E-state index in [1.165, 1.54) is 43.2 Å². The summed E-state index contributed by atoms with van der Waals surface area (Å²) < 4.78 is 0. The zero-order valence-electron chi connectivity index (χ0n) is 18.2. The predicted octanol–water partition coefficient (Wildman–Crippen LogP) is 6.15. The second kappa shape index (κ2) is 8.13. The Morgan fingerprint density at radius 3 is 2.57 bits per heavy atom. The van der Waals surface area contributed by atoms with E-state index < -0.39 is 5.97 Å². The lowest BCUT2D eigenvalue weighted by atomic mass is 9.52. The van der Waals surface area contributed by atoms with Crippen molar-refractivity contribution in [3.05, 3.63) is 35.4 Å². The number of aliphatic carboxylic acids is 1. The number of fused-ring (bicyclic) bond motifs is 5. The molecule has 0 aliphatic heterocycles. The Kier molecular flexibility index (Phi) is 5.49. The van der Waals surface area contributed by atoms with Crippen LogP contribution in [0.15, 0.2) is 24.3 Å². The van der Waals surface area contributed by atoms with Crippen LogP contribution in [0.5, 0.6) is 0 Å². The maximum atomic E-state index is 13.5. The number of carboxylic acids is 1. The van der Waals surface area contributed by atoms with Gasteiger partial charge in [-0.25, -0.2) is 0 Å². The zero-order chi connectivity index (χ0) is 20.7. The van der Waals surface area contributed by atoms with E-state index in [-0.39, 0.29) is 17.8 Å². The molecule has 5 atom stereocenters. The highest BCUT2D eigenvalue weighted by Crippen LogP contribution is 2.65. The molecule has 3 nitrogen and oxygen atoms in total. The lowest BCUT2D eigenvalue weighted by molar-refractivity contribution is -0.145. The van der Waals surface area contributed by atoms with Crippen molar-refractivity contribution in [2.45, 2.75) is 89.4 Å². The Hall–Kier alpha value is -1.64. The van der Waals surface area contributed by atoms with Crippen molar-refractivity contribution in [1.82, 2.24) is 0 Å². The predicted molar refractivity (Wildman–Crippen MR) is 117 cm³/mol. The highest BCUT2D eigenvalue weighted by molar-refractivity contribution is 5.83. The Morgan fingerprint density at radius 1 is 0.967 bits per heavy atom. The van der Waals surface area contributed by atoms with Crippen LogP contribution < -0.4 is 0 Å². The van der Waals surface area contributed by atoms with Gasteiger partial charge in [-0.05, 0) is 78.7 Å². The van der Waals surface area contributed by atoms with Gasteiger partial charge in [0.05, 0.1) is 6.42 Å². The van der Waals surface area contributed by atoms with E-state index in [1.807, 2.05) is 0 Å². The second-order valence-corrected chi connectivity index (χ2v) is 10.8. The van der Waals surface area contributed by atoms with E-state index in [4.69, 9.17) is 0 Å². The molecule has 1 aromatic rings. The van der Waals surface area contributed by atoms with Crippen molar-refractivity contribution in [3.8, 4) is 0 Å². The maximum Gasteiger partial charge on any atom is 0.303 e. The topological polar surface area (TPSA) is 54.4 Å². The number of ketones is 1. The Morgan fingerprint density at radius 2 is 1.77 bits per heavy atom. The molecule has 4 aliphatic rings. The van der Waals surface area contributed by atoms with E-state index in [1.54, 1.807) is 0 Å². The Bertz CT molecular complexity index is 808. The number of benzene rings is 1. The van der Waals surface area contributed by atoms with Gasteiger partial charge in [0, 0.05) is 12.3 Å². The third-order valence-electron chi connectivity index (χ3n) is 9.44. The Labute approximate surface area is 180 Å². The largest absolute Gasteiger partial charge is 0.481 e. The highest BCUT2D eigenvalue weighted by Gasteiger charge is 2.59. The van der Waals surface area contributed by atoms with E-state index in [9.17, 15) is 14.7 Å². The molecule has 0 amide bonds. The smallest absolute Gasteiger partial charge is 0.303 e. The first-order chi connectivity index (χ1) is 14.6. The summed E-state index contributed by atoms with van der Waals surface area (Å²) in [5, 5.41) is 9.87. The summed E-state index contributed by atoms with van der Waals surface area (Å²) in [5.41, 5.74) is 2.72. The number of Topliss-reactive ketones (excluding diaryl/α,β-unsaturated/α-hetero) is 1. The van der Waals surface area contributed by atoms with Crippen LogP contribution in [0.2, 0.25) is 0 Å². The number of hydrogen-bond donors (Lipinski definition) is 1. The second-order valence-electron chi connectivity index (χ2n) is 10.8. The third kappa shape index (κ3) is 3.42. The van der Waals surface area contributed by atoms with Crippen LogP contribution in [0, 0.1) is 29.1 Å². The van der Waals surface area contributed by atoms with Gasteiger partial charge in [-0.1, -0.05) is 56.4 Å². The normalized spacial score (nSPS) is 35.9. The first kappa shape index (κ1) is 20.3. The maximum absolute atomic E-state index is 13.5. The highest BCUT2D eigenvalue weighted by atomic mass is 16.4. The van der Waals surface area contributed by atoms with Crippen LogP contribution in [-0.2, 0) is 16.0 Å². The van der Waals surface area contributed by atoms with Gasteiger partial charge in [-0.15, -0.1) is 0 Å². The molecular weight excluding hydrogens is 372 g/mol. The van der Waals surface area contributed by atoms with Gasteiger partial charge < -0.3 is 5.11 Å². The first-order valence-electron chi connectivity index (χ1n) is 12.4. The molecule has 0 heterocycles. The molecule has 4 aliphatic carbocycles. The van der Waals surface area contributed by atoms with Crippen LogP contribution >= 0.6 is 0 Å². The van der Waals surface area contributed by atoms with Gasteiger partial charge in [0.2, 0.25) is 0 Å². The number of hydrogen-bond acceptors (Lipinski definition) is 2. The minimum Gasteiger partial charge on any atom is -0.481 e. The minimum absolute atomic E-state index is 0.0151. The van der Waals surface area contributed by atoms with Crippen LogP contribution in [0.1, 0.15) is 94.1 Å². The molecule has 1 N–H and O–H groups in total. The van der Waals surface area contributed by atoms with Crippen LogP contribution in [0.4, 0.5) is 0 Å². The van der Waals surface area contributed by atoms with Crippen molar-refractivity contribution in [2.24, 2.45) is 29.1 Å². The minimum atomic E-state index is -0.702. The van der Waals surface area contributed by atoms with Gasteiger partial charge >= 0.3 is 5.97 Å². The molecule has 30 heavy (non-hydrogen) atoms. The van der Waals surface area contributed by atoms with E-state index in [0.29, 0.717) is 35.9 Å². The van der Waals surface area contributed by atoms with E-state index in [0.717, 1.165) is 38.5 Å². The van der Waals surface area contributed by atoms with Crippen molar-refractivity contribution in [2.75, 3.05) is 0 Å². The summed E-state index contributed by atoms with van der Waals surface area (Å²) in [6.07, 6.45) is 13.3. The van der Waals surface area contributed by atoms with E-state index >= 15 is 0 Å². The van der Waals surface area contributed by atoms with Gasteiger partial charge in [0.1, 0.15) is 5.78 Å². The van der Waals surface area contributed by atoms with Gasteiger partial charge in [0.25, 0.3) is 0 Å². The molecule has 0 saturated heterocycles. The molecule has 0 aromatic heterocycles. The van der Waals surface area contributed by atoms with Gasteiger partial charge in [-0.2, -0.15) is 0 Å². The van der Waals surface area contributed by atoms with Crippen LogP contribution in [0.25, 0.3) is 0 Å².